The van der Waals surface area contributed by atoms with Crippen molar-refractivity contribution in [3.63, 3.8) is 0 Å². The van der Waals surface area contributed by atoms with Gasteiger partial charge in [-0.1, -0.05) is 0 Å². The molecule has 0 amide bonds. The fourth-order valence-electron chi connectivity index (χ4n) is 3.32. The molecule has 132 valence electrons. The second-order valence-electron chi connectivity index (χ2n) is 6.72. The summed E-state index contributed by atoms with van der Waals surface area (Å²) in [5, 5.41) is 10.2. The van der Waals surface area contributed by atoms with Crippen LogP contribution in [0.1, 0.15) is 42.7 Å². The second-order valence-corrected chi connectivity index (χ2v) is 6.72. The molecule has 5 heterocycles. The Morgan fingerprint density at radius 2 is 1.44 bits per heavy atom. The highest BCUT2D eigenvalue weighted by Crippen LogP contribution is 2.23. The van der Waals surface area contributed by atoms with Crippen molar-refractivity contribution in [2.75, 3.05) is 0 Å². The zero-order valence-electron chi connectivity index (χ0n) is 15.7. The molecule has 3 aromatic rings. The molecule has 5 nitrogen and oxygen atoms in total. The van der Waals surface area contributed by atoms with Crippen LogP contribution in [-0.2, 0) is 0 Å². The van der Waals surface area contributed by atoms with Gasteiger partial charge in [-0.25, -0.2) is 9.97 Å². The quantitative estimate of drug-likeness (QED) is 0.463. The van der Waals surface area contributed by atoms with Gasteiger partial charge in [-0.2, -0.15) is 0 Å². The molecular weight excluding hydrogens is 336 g/mol. The number of H-pyrrole nitrogens is 2. The zero-order chi connectivity index (χ0) is 19.3. The van der Waals surface area contributed by atoms with Gasteiger partial charge in [0, 0.05) is 27.6 Å². The van der Waals surface area contributed by atoms with Crippen LogP contribution in [0.4, 0.5) is 0 Å². The minimum Gasteiger partial charge on any atom is -0.389 e. The summed E-state index contributed by atoms with van der Waals surface area (Å²) in [6.45, 7) is 1.74. The van der Waals surface area contributed by atoms with Crippen LogP contribution in [0.2, 0.25) is 0 Å². The number of nitrogens with zero attached hydrogens (tertiary/aromatic N) is 2. The summed E-state index contributed by atoms with van der Waals surface area (Å²) in [4.78, 5) is 15.8. The molecule has 0 radical (unpaired) electrons. The van der Waals surface area contributed by atoms with Crippen LogP contribution >= 0.6 is 0 Å². The van der Waals surface area contributed by atoms with Crippen molar-refractivity contribution in [1.82, 2.24) is 19.9 Å². The van der Waals surface area contributed by atoms with Crippen molar-refractivity contribution in [3.05, 3.63) is 70.8 Å². The molecule has 0 fully saturated rings. The van der Waals surface area contributed by atoms with Gasteiger partial charge in [-0.3, -0.25) is 0 Å². The number of aromatic nitrogens is 4. The van der Waals surface area contributed by atoms with Gasteiger partial charge in [0.05, 0.1) is 30.3 Å². The smallest absolute Gasteiger partial charge is 0.0782 e. The third-order valence-corrected chi connectivity index (χ3v) is 4.57. The fraction of sp³-hybridized carbons (Fsp3) is 0.0909. The lowest BCUT2D eigenvalue weighted by molar-refractivity contribution is 0.201. The van der Waals surface area contributed by atoms with Gasteiger partial charge < -0.3 is 15.1 Å². The van der Waals surface area contributed by atoms with Crippen LogP contribution in [0.5, 0.6) is 0 Å². The molecule has 8 bridgehead atoms. The fourth-order valence-corrected chi connectivity index (χ4v) is 3.32. The predicted molar refractivity (Wildman–Crippen MR) is 109 cm³/mol. The van der Waals surface area contributed by atoms with Crippen LogP contribution in [0, 0.1) is 0 Å². The van der Waals surface area contributed by atoms with E-state index in [-0.39, 0.29) is 0 Å². The summed E-state index contributed by atoms with van der Waals surface area (Å²) in [7, 11) is 0. The first-order chi connectivity index (χ1) is 13.5. The molecule has 0 aliphatic carbocycles. The largest absolute Gasteiger partial charge is 0.389 e. The minimum absolute atomic E-state index is 0.367. The molecule has 3 aromatic heterocycles. The molecule has 0 saturated heterocycles. The maximum Gasteiger partial charge on any atom is 0.0782 e. The lowest BCUT2D eigenvalue weighted by atomic mass is 10.1. The van der Waals surface area contributed by atoms with E-state index in [1.54, 1.807) is 13.0 Å². The van der Waals surface area contributed by atoms with Crippen molar-refractivity contribution in [2.24, 2.45) is 0 Å². The normalized spacial score (nSPS) is 14.7. The summed E-state index contributed by atoms with van der Waals surface area (Å²) in [5.41, 5.74) is 7.20. The molecule has 0 saturated carbocycles. The van der Waals surface area contributed by atoms with Gasteiger partial charge in [0.2, 0.25) is 0 Å². The number of rotatable bonds is 1. The predicted octanol–water partition coefficient (Wildman–Crippen LogP) is 4.71. The standard InChI is InChI=1S/C22H18N4O/c1-13(27)21-11-20-10-18-5-4-16(24-18)8-14-2-3-15(23-14)9-17-6-7-19(25-17)12-22(21)26-20/h2-13,23,26-27H,1H3/i4D. The summed E-state index contributed by atoms with van der Waals surface area (Å²) in [6, 6.07) is 13.8. The maximum atomic E-state index is 10.2. The Kier molecular flexibility index (Phi) is 3.31. The molecule has 1 atom stereocenters. The summed E-state index contributed by atoms with van der Waals surface area (Å²) >= 11 is 0. The van der Waals surface area contributed by atoms with Gasteiger partial charge in [0.15, 0.2) is 0 Å². The lowest BCUT2D eigenvalue weighted by Crippen LogP contribution is -1.88. The Hall–Kier alpha value is -3.44. The van der Waals surface area contributed by atoms with Crippen molar-refractivity contribution in [1.29, 1.82) is 0 Å². The van der Waals surface area contributed by atoms with Crippen molar-refractivity contribution >= 4 is 46.3 Å². The molecule has 0 aromatic carbocycles. The lowest BCUT2D eigenvalue weighted by Gasteiger charge is -1.99. The number of nitrogens with one attached hydrogen (secondary N) is 2. The summed E-state index contributed by atoms with van der Waals surface area (Å²) in [6.07, 6.45) is 5.02. The highest BCUT2D eigenvalue weighted by Gasteiger charge is 2.08. The number of aliphatic hydroxyl groups is 1. The number of fused-ring (bicyclic) bond motifs is 8. The van der Waals surface area contributed by atoms with Crippen molar-refractivity contribution < 1.29 is 6.48 Å². The SMILES string of the molecule is [2H]C1=Cc2cc3cc(C(C)O)c(cc4nc(cc5ccc(cc1n2)[nH]5)C=C4)[nH]3. The topological polar surface area (TPSA) is 77.6 Å². The van der Waals surface area contributed by atoms with Crippen molar-refractivity contribution in [3.8, 4) is 0 Å². The third kappa shape index (κ3) is 3.09. The number of hydrogen-bond acceptors (Lipinski definition) is 3. The second kappa shape index (κ2) is 6.07. The highest BCUT2D eigenvalue weighted by molar-refractivity contribution is 5.78. The molecule has 2 aliphatic heterocycles. The van der Waals surface area contributed by atoms with E-state index in [4.69, 9.17) is 1.37 Å². The van der Waals surface area contributed by atoms with E-state index in [2.05, 4.69) is 19.9 Å². The Morgan fingerprint density at radius 3 is 2.22 bits per heavy atom. The Bertz CT molecular complexity index is 1310. The van der Waals surface area contributed by atoms with E-state index >= 15 is 0 Å². The average molecular weight is 355 g/mol. The van der Waals surface area contributed by atoms with Gasteiger partial charge in [0.1, 0.15) is 0 Å². The molecule has 0 spiro atoms. The van der Waals surface area contributed by atoms with Crippen LogP contribution in [-0.4, -0.2) is 25.0 Å². The van der Waals surface area contributed by atoms with Gasteiger partial charge in [0.25, 0.3) is 0 Å². The maximum absolute atomic E-state index is 10.2. The monoisotopic (exact) mass is 355 g/mol. The Morgan fingerprint density at radius 1 is 0.815 bits per heavy atom. The van der Waals surface area contributed by atoms with Crippen LogP contribution in [0.25, 0.3) is 46.3 Å². The molecule has 5 heteroatoms. The van der Waals surface area contributed by atoms with E-state index in [1.807, 2.05) is 54.6 Å². The van der Waals surface area contributed by atoms with Gasteiger partial charge >= 0.3 is 0 Å². The Balaban J connectivity index is 1.87. The number of aromatic amines is 2. The van der Waals surface area contributed by atoms with E-state index < -0.39 is 6.10 Å². The van der Waals surface area contributed by atoms with E-state index in [1.165, 1.54) is 0 Å². The Labute approximate surface area is 157 Å². The molecule has 5 rings (SSSR count). The van der Waals surface area contributed by atoms with Crippen LogP contribution < -0.4 is 0 Å². The summed E-state index contributed by atoms with van der Waals surface area (Å²) < 4.78 is 8.20. The van der Waals surface area contributed by atoms with Gasteiger partial charge in [-0.05, 0) is 73.7 Å². The molecule has 2 aliphatic rings. The minimum atomic E-state index is -0.618. The number of aliphatic hydroxyl groups excluding tert-OH is 1. The van der Waals surface area contributed by atoms with Gasteiger partial charge in [-0.15, -0.1) is 0 Å². The third-order valence-electron chi connectivity index (χ3n) is 4.57. The first-order valence-corrected chi connectivity index (χ1v) is 8.80. The first kappa shape index (κ1) is 14.7. The van der Waals surface area contributed by atoms with E-state index in [0.717, 1.165) is 39.0 Å². The van der Waals surface area contributed by atoms with Crippen LogP contribution in [0.3, 0.4) is 0 Å². The molecule has 27 heavy (non-hydrogen) atoms. The molecular formula is C22H18N4O. The van der Waals surface area contributed by atoms with Crippen LogP contribution in [0.15, 0.2) is 42.5 Å². The summed E-state index contributed by atoms with van der Waals surface area (Å²) in [5.74, 6) is 0. The zero-order valence-corrected chi connectivity index (χ0v) is 14.7. The first-order valence-electron chi connectivity index (χ1n) is 9.30. The molecule has 1 unspecified atom stereocenters. The van der Waals surface area contributed by atoms with E-state index in [9.17, 15) is 5.11 Å². The molecule has 3 N–H and O–H groups in total. The van der Waals surface area contributed by atoms with Crippen molar-refractivity contribution in [2.45, 2.75) is 13.0 Å². The number of hydrogen-bond donors (Lipinski definition) is 3. The highest BCUT2D eigenvalue weighted by atomic mass is 16.3. The van der Waals surface area contributed by atoms with E-state index in [0.29, 0.717) is 17.4 Å². The average Bonchev–Trinajstić information content (AvgIpc) is 3.39.